The molecule has 0 bridgehead atoms. The first-order valence-corrected chi connectivity index (χ1v) is 5.63. The summed E-state index contributed by atoms with van der Waals surface area (Å²) in [5.41, 5.74) is 5.35. The van der Waals surface area contributed by atoms with E-state index in [2.05, 4.69) is 51.7 Å². The quantitative estimate of drug-likeness (QED) is 0.399. The van der Waals surface area contributed by atoms with Gasteiger partial charge in [-0.25, -0.2) is 0 Å². The van der Waals surface area contributed by atoms with E-state index < -0.39 is 0 Å². The first kappa shape index (κ1) is 9.80. The molecule has 2 aliphatic rings. The summed E-state index contributed by atoms with van der Waals surface area (Å²) >= 11 is 0. The molecule has 0 radical (unpaired) electrons. The zero-order chi connectivity index (χ0) is 10.3. The van der Waals surface area contributed by atoms with E-state index in [9.17, 15) is 0 Å². The van der Waals surface area contributed by atoms with Crippen LogP contribution in [0.1, 0.15) is 34.1 Å². The molecule has 0 aromatic rings. The lowest BCUT2D eigenvalue weighted by molar-refractivity contribution is 0.190. The van der Waals surface area contributed by atoms with Crippen LogP contribution >= 0.6 is 0 Å². The fourth-order valence-corrected chi connectivity index (χ4v) is 2.67. The average Bonchev–Trinajstić information content (AvgIpc) is 2.09. The van der Waals surface area contributed by atoms with Gasteiger partial charge in [0.05, 0.1) is 0 Å². The first-order chi connectivity index (χ1) is 6.50. The highest BCUT2D eigenvalue weighted by Gasteiger charge is 2.40. The fraction of sp³-hybridized carbons (Fsp3) is 0.643. The summed E-state index contributed by atoms with van der Waals surface area (Å²) in [7, 11) is 0. The summed E-state index contributed by atoms with van der Waals surface area (Å²) in [6, 6.07) is 0. The van der Waals surface area contributed by atoms with Crippen LogP contribution in [-0.4, -0.2) is 0 Å². The van der Waals surface area contributed by atoms with E-state index in [1.165, 1.54) is 6.42 Å². The predicted molar refractivity (Wildman–Crippen MR) is 61.0 cm³/mol. The summed E-state index contributed by atoms with van der Waals surface area (Å²) < 4.78 is 0. The number of rotatable bonds is 0. The molecular weight excluding hydrogens is 168 g/mol. The van der Waals surface area contributed by atoms with E-state index in [0.717, 1.165) is 11.8 Å². The van der Waals surface area contributed by atoms with Gasteiger partial charge < -0.3 is 0 Å². The van der Waals surface area contributed by atoms with Crippen LogP contribution in [0.2, 0.25) is 0 Å². The molecule has 0 N–H and O–H groups in total. The van der Waals surface area contributed by atoms with Gasteiger partial charge >= 0.3 is 0 Å². The van der Waals surface area contributed by atoms with Crippen LogP contribution in [-0.2, 0) is 0 Å². The van der Waals surface area contributed by atoms with Crippen LogP contribution in [0.3, 0.4) is 0 Å². The van der Waals surface area contributed by atoms with Crippen LogP contribution in [0.5, 0.6) is 0 Å². The minimum Gasteiger partial charge on any atom is -0.129 e. The van der Waals surface area contributed by atoms with E-state index >= 15 is 0 Å². The molecule has 0 aliphatic heterocycles. The van der Waals surface area contributed by atoms with Gasteiger partial charge in [-0.1, -0.05) is 39.3 Å². The van der Waals surface area contributed by atoms with Crippen molar-refractivity contribution in [3.05, 3.63) is 29.5 Å². The van der Waals surface area contributed by atoms with Crippen LogP contribution in [0.15, 0.2) is 29.5 Å². The molecule has 14 heavy (non-hydrogen) atoms. The highest BCUT2D eigenvalue weighted by molar-refractivity contribution is 5.31. The first-order valence-electron chi connectivity index (χ1n) is 5.63. The van der Waals surface area contributed by atoms with Gasteiger partial charge in [0.15, 0.2) is 0 Å². The van der Waals surface area contributed by atoms with Crippen LogP contribution in [0, 0.1) is 23.2 Å². The summed E-state index contributed by atoms with van der Waals surface area (Å²) in [5.74, 6) is 2.16. The van der Waals surface area contributed by atoms with Crippen molar-refractivity contribution in [2.24, 2.45) is 23.2 Å². The van der Waals surface area contributed by atoms with Gasteiger partial charge in [0, 0.05) is 5.92 Å². The van der Waals surface area contributed by atoms with Crippen molar-refractivity contribution in [2.45, 2.75) is 34.1 Å². The number of allylic oxidation sites excluding steroid dienone is 3. The van der Waals surface area contributed by atoms with Gasteiger partial charge in [-0.15, -0.1) is 5.73 Å². The molecule has 2 aliphatic carbocycles. The lowest BCUT2D eigenvalue weighted by Crippen LogP contribution is -2.36. The largest absolute Gasteiger partial charge is 0.129 e. The molecule has 0 saturated carbocycles. The van der Waals surface area contributed by atoms with E-state index in [-0.39, 0.29) is 0 Å². The van der Waals surface area contributed by atoms with Crippen molar-refractivity contribution in [1.29, 1.82) is 0 Å². The monoisotopic (exact) mass is 188 g/mol. The maximum absolute atomic E-state index is 3.28. The van der Waals surface area contributed by atoms with Crippen molar-refractivity contribution in [3.8, 4) is 0 Å². The molecule has 0 fully saturated rings. The van der Waals surface area contributed by atoms with Crippen LogP contribution < -0.4 is 0 Å². The number of hydrogen-bond acceptors (Lipinski definition) is 0. The third-order valence-corrected chi connectivity index (χ3v) is 3.60. The SMILES string of the molecule is CC1C=C=CCC2C1=CC2C(C)(C)C. The maximum Gasteiger partial charge on any atom is 0.00274 e. The molecule has 0 nitrogen and oxygen atoms in total. The predicted octanol–water partition coefficient (Wildman–Crippen LogP) is 3.96. The Morgan fingerprint density at radius 1 is 1.36 bits per heavy atom. The molecule has 3 unspecified atom stereocenters. The van der Waals surface area contributed by atoms with Gasteiger partial charge in [-0.3, -0.25) is 0 Å². The van der Waals surface area contributed by atoms with Gasteiger partial charge in [-0.2, -0.15) is 0 Å². The van der Waals surface area contributed by atoms with Crippen molar-refractivity contribution in [3.63, 3.8) is 0 Å². The third kappa shape index (κ3) is 1.48. The molecule has 3 atom stereocenters. The second-order valence-electron chi connectivity index (χ2n) is 5.73. The minimum atomic E-state index is 0.423. The summed E-state index contributed by atoms with van der Waals surface area (Å²) in [6.07, 6.45) is 8.09. The Labute approximate surface area is 87.4 Å². The second-order valence-corrected chi connectivity index (χ2v) is 5.73. The molecule has 76 valence electrons. The normalized spacial score (nSPS) is 35.7. The minimum absolute atomic E-state index is 0.423. The third-order valence-electron chi connectivity index (χ3n) is 3.60. The maximum atomic E-state index is 3.28. The van der Waals surface area contributed by atoms with Crippen LogP contribution in [0.4, 0.5) is 0 Å². The van der Waals surface area contributed by atoms with E-state index in [1.807, 2.05) is 0 Å². The summed E-state index contributed by atoms with van der Waals surface area (Å²) in [4.78, 5) is 0. The van der Waals surface area contributed by atoms with E-state index in [4.69, 9.17) is 0 Å². The zero-order valence-electron chi connectivity index (χ0n) is 9.67. The Kier molecular flexibility index (Phi) is 2.20. The van der Waals surface area contributed by atoms with Gasteiger partial charge in [0.25, 0.3) is 0 Å². The highest BCUT2D eigenvalue weighted by atomic mass is 14.4. The number of hydrogen-bond donors (Lipinski definition) is 0. The van der Waals surface area contributed by atoms with Crippen molar-refractivity contribution >= 4 is 0 Å². The van der Waals surface area contributed by atoms with Gasteiger partial charge in [0.2, 0.25) is 0 Å². The molecule has 0 heteroatoms. The summed E-state index contributed by atoms with van der Waals surface area (Å²) in [5, 5.41) is 0. The molecule has 0 heterocycles. The molecular formula is C14H20. The van der Waals surface area contributed by atoms with Crippen molar-refractivity contribution in [1.82, 2.24) is 0 Å². The highest BCUT2D eigenvalue weighted by Crippen LogP contribution is 2.49. The van der Waals surface area contributed by atoms with Crippen molar-refractivity contribution < 1.29 is 0 Å². The molecule has 0 spiro atoms. The molecule has 2 rings (SSSR count). The van der Waals surface area contributed by atoms with Crippen molar-refractivity contribution in [2.75, 3.05) is 0 Å². The Morgan fingerprint density at radius 3 is 2.71 bits per heavy atom. The van der Waals surface area contributed by atoms with Gasteiger partial charge in [0.1, 0.15) is 0 Å². The van der Waals surface area contributed by atoms with E-state index in [0.29, 0.717) is 11.3 Å². The second kappa shape index (κ2) is 3.14. The standard InChI is InChI=1S/C14H20/c1-10-7-5-6-8-11-12(10)9-13(11)14(2,3)4/h6-7,9-11,13H,8H2,1-4H3. The van der Waals surface area contributed by atoms with Crippen LogP contribution in [0.25, 0.3) is 0 Å². The molecule has 0 amide bonds. The fourth-order valence-electron chi connectivity index (χ4n) is 2.67. The lowest BCUT2D eigenvalue weighted by Gasteiger charge is -2.45. The topological polar surface area (TPSA) is 0 Å². The number of fused-ring (bicyclic) bond motifs is 1. The molecule has 0 aromatic heterocycles. The Bertz CT molecular complexity index is 318. The lowest BCUT2D eigenvalue weighted by atomic mass is 9.60. The zero-order valence-corrected chi connectivity index (χ0v) is 9.67. The smallest absolute Gasteiger partial charge is 0.00274 e. The van der Waals surface area contributed by atoms with E-state index in [1.54, 1.807) is 5.57 Å². The Hall–Kier alpha value is -0.740. The molecule has 0 saturated heterocycles. The summed E-state index contributed by atoms with van der Waals surface area (Å²) in [6.45, 7) is 9.32. The Morgan fingerprint density at radius 2 is 2.07 bits per heavy atom. The molecule has 0 aromatic carbocycles. The van der Waals surface area contributed by atoms with Gasteiger partial charge in [-0.05, 0) is 35.8 Å². The Balaban J connectivity index is 2.23. The average molecular weight is 188 g/mol.